The fourth-order valence-electron chi connectivity index (χ4n) is 2.54. The van der Waals surface area contributed by atoms with E-state index in [1.807, 2.05) is 0 Å². The molecule has 0 unspecified atom stereocenters. The largest absolute Gasteiger partial charge is 0.329 e. The second kappa shape index (κ2) is 6.86. The number of rotatable bonds is 7. The third-order valence-corrected chi connectivity index (χ3v) is 3.64. The first-order valence-corrected chi connectivity index (χ1v) is 7.50. The first kappa shape index (κ1) is 15.0. The number of nitrogens with two attached hydrogens (primary N) is 1. The molecule has 0 amide bonds. The minimum Gasteiger partial charge on any atom is -0.329 e. The number of hydrogen-bond acceptors (Lipinski definition) is 3. The third kappa shape index (κ3) is 3.38. The second-order valence-electron chi connectivity index (χ2n) is 5.55. The highest BCUT2D eigenvalue weighted by Gasteiger charge is 2.12. The molecule has 0 aliphatic carbocycles. The average molecular weight is 274 g/mol. The molecular formula is C16H26N4. The van der Waals surface area contributed by atoms with Gasteiger partial charge in [0.1, 0.15) is 5.82 Å². The third-order valence-electron chi connectivity index (χ3n) is 3.64. The van der Waals surface area contributed by atoms with Crippen molar-refractivity contribution in [3.8, 4) is 0 Å². The van der Waals surface area contributed by atoms with Crippen LogP contribution in [0.25, 0.3) is 11.0 Å². The Morgan fingerprint density at radius 1 is 1.35 bits per heavy atom. The van der Waals surface area contributed by atoms with Crippen molar-refractivity contribution in [3.63, 3.8) is 0 Å². The number of unbranched alkanes of at least 4 members (excludes halogenated alkanes) is 1. The summed E-state index contributed by atoms with van der Waals surface area (Å²) >= 11 is 0. The Morgan fingerprint density at radius 3 is 2.85 bits per heavy atom. The van der Waals surface area contributed by atoms with Crippen LogP contribution >= 0.6 is 0 Å². The fraction of sp³-hybridized carbons (Fsp3) is 0.562. The van der Waals surface area contributed by atoms with Crippen molar-refractivity contribution in [1.82, 2.24) is 14.5 Å². The van der Waals surface area contributed by atoms with Gasteiger partial charge in [0.05, 0.1) is 17.6 Å². The van der Waals surface area contributed by atoms with E-state index in [-0.39, 0.29) is 0 Å². The van der Waals surface area contributed by atoms with Gasteiger partial charge < -0.3 is 10.3 Å². The molecular weight excluding hydrogens is 248 g/mol. The number of imidazole rings is 1. The van der Waals surface area contributed by atoms with Gasteiger partial charge in [0.25, 0.3) is 0 Å². The van der Waals surface area contributed by atoms with Gasteiger partial charge in [-0.15, -0.1) is 0 Å². The summed E-state index contributed by atoms with van der Waals surface area (Å²) in [6.45, 7) is 7.80. The van der Waals surface area contributed by atoms with Crippen LogP contribution in [0.3, 0.4) is 0 Å². The Kier molecular flexibility index (Phi) is 5.15. The minimum atomic E-state index is 0.644. The van der Waals surface area contributed by atoms with Crippen LogP contribution in [0.5, 0.6) is 0 Å². The molecule has 1 heterocycles. The van der Waals surface area contributed by atoms with Crippen molar-refractivity contribution in [2.75, 3.05) is 20.1 Å². The van der Waals surface area contributed by atoms with Gasteiger partial charge in [-0.2, -0.15) is 0 Å². The van der Waals surface area contributed by atoms with Gasteiger partial charge in [-0.25, -0.2) is 4.98 Å². The predicted molar refractivity (Wildman–Crippen MR) is 84.8 cm³/mol. The molecule has 2 aromatic rings. The summed E-state index contributed by atoms with van der Waals surface area (Å²) in [6.07, 6.45) is 2.45. The first-order chi connectivity index (χ1) is 9.65. The maximum Gasteiger partial charge on any atom is 0.124 e. The summed E-state index contributed by atoms with van der Waals surface area (Å²) in [5.74, 6) is 1.12. The zero-order valence-electron chi connectivity index (χ0n) is 12.9. The van der Waals surface area contributed by atoms with Gasteiger partial charge in [0.2, 0.25) is 0 Å². The van der Waals surface area contributed by atoms with Crippen molar-refractivity contribution in [2.24, 2.45) is 5.73 Å². The number of aryl methyl sites for hydroxylation is 1. The zero-order valence-corrected chi connectivity index (χ0v) is 12.9. The minimum absolute atomic E-state index is 0.644. The summed E-state index contributed by atoms with van der Waals surface area (Å²) < 4.78 is 2.26. The quantitative estimate of drug-likeness (QED) is 0.844. The first-order valence-electron chi connectivity index (χ1n) is 7.50. The van der Waals surface area contributed by atoms with Crippen molar-refractivity contribution in [3.05, 3.63) is 29.6 Å². The normalized spacial score (nSPS) is 11.7. The summed E-state index contributed by atoms with van der Waals surface area (Å²) in [6, 6.07) is 6.45. The highest BCUT2D eigenvalue weighted by Crippen LogP contribution is 2.18. The molecule has 0 saturated carbocycles. The Bertz CT molecular complexity index is 559. The fourth-order valence-corrected chi connectivity index (χ4v) is 2.54. The van der Waals surface area contributed by atoms with Crippen molar-refractivity contribution < 1.29 is 0 Å². The van der Waals surface area contributed by atoms with Gasteiger partial charge >= 0.3 is 0 Å². The number of fused-ring (bicyclic) bond motifs is 1. The molecule has 0 atom stereocenters. The summed E-state index contributed by atoms with van der Waals surface area (Å²) in [7, 11) is 2.16. The van der Waals surface area contributed by atoms with E-state index in [2.05, 4.69) is 48.6 Å². The van der Waals surface area contributed by atoms with E-state index in [1.54, 1.807) is 0 Å². The molecule has 1 aromatic carbocycles. The van der Waals surface area contributed by atoms with Gasteiger partial charge in [-0.1, -0.05) is 19.4 Å². The molecule has 20 heavy (non-hydrogen) atoms. The summed E-state index contributed by atoms with van der Waals surface area (Å²) in [5.41, 5.74) is 9.28. The Balaban J connectivity index is 2.28. The standard InChI is InChI=1S/C16H26N4/c1-4-5-9-19(3)12-16-18-14-11-13(2)6-7-15(14)20(16)10-8-17/h6-7,11H,4-5,8-10,12,17H2,1-3H3. The maximum absolute atomic E-state index is 5.76. The lowest BCUT2D eigenvalue weighted by Gasteiger charge is -2.16. The van der Waals surface area contributed by atoms with E-state index in [1.165, 1.54) is 23.9 Å². The molecule has 0 bridgehead atoms. The van der Waals surface area contributed by atoms with Gasteiger partial charge in [-0.3, -0.25) is 4.90 Å². The van der Waals surface area contributed by atoms with Crippen LogP contribution < -0.4 is 5.73 Å². The van der Waals surface area contributed by atoms with Crippen LogP contribution in [0, 0.1) is 6.92 Å². The van der Waals surface area contributed by atoms with E-state index in [0.29, 0.717) is 6.54 Å². The molecule has 0 radical (unpaired) electrons. The molecule has 2 N–H and O–H groups in total. The number of aromatic nitrogens is 2. The highest BCUT2D eigenvalue weighted by molar-refractivity contribution is 5.76. The van der Waals surface area contributed by atoms with Crippen LogP contribution in [0.2, 0.25) is 0 Å². The predicted octanol–water partition coefficient (Wildman–Crippen LogP) is 2.54. The summed E-state index contributed by atoms with van der Waals surface area (Å²) in [4.78, 5) is 7.14. The van der Waals surface area contributed by atoms with E-state index < -0.39 is 0 Å². The lowest BCUT2D eigenvalue weighted by atomic mass is 10.2. The van der Waals surface area contributed by atoms with E-state index in [4.69, 9.17) is 10.7 Å². The number of hydrogen-bond donors (Lipinski definition) is 1. The second-order valence-corrected chi connectivity index (χ2v) is 5.55. The van der Waals surface area contributed by atoms with Crippen LogP contribution in [-0.4, -0.2) is 34.6 Å². The SMILES string of the molecule is CCCCN(C)Cc1nc2cc(C)ccc2n1CCN. The molecule has 110 valence electrons. The topological polar surface area (TPSA) is 47.1 Å². The van der Waals surface area contributed by atoms with Crippen LogP contribution in [0.4, 0.5) is 0 Å². The monoisotopic (exact) mass is 274 g/mol. The number of benzene rings is 1. The van der Waals surface area contributed by atoms with Gasteiger partial charge in [-0.05, 0) is 44.6 Å². The molecule has 0 saturated heterocycles. The molecule has 4 heteroatoms. The Morgan fingerprint density at radius 2 is 2.15 bits per heavy atom. The van der Waals surface area contributed by atoms with Crippen LogP contribution in [0.1, 0.15) is 31.2 Å². The molecule has 0 aliphatic heterocycles. The maximum atomic E-state index is 5.76. The molecule has 0 fully saturated rings. The van der Waals surface area contributed by atoms with Gasteiger partial charge in [0, 0.05) is 13.1 Å². The lowest BCUT2D eigenvalue weighted by molar-refractivity contribution is 0.308. The van der Waals surface area contributed by atoms with Gasteiger partial charge in [0.15, 0.2) is 0 Å². The van der Waals surface area contributed by atoms with Crippen LogP contribution in [0.15, 0.2) is 18.2 Å². The van der Waals surface area contributed by atoms with E-state index in [0.717, 1.165) is 31.0 Å². The Labute approximate surface area is 121 Å². The smallest absolute Gasteiger partial charge is 0.124 e. The number of nitrogens with zero attached hydrogens (tertiary/aromatic N) is 3. The molecule has 1 aromatic heterocycles. The van der Waals surface area contributed by atoms with Crippen LogP contribution in [-0.2, 0) is 13.1 Å². The lowest BCUT2D eigenvalue weighted by Crippen LogP contribution is -2.22. The zero-order chi connectivity index (χ0) is 14.5. The molecule has 4 nitrogen and oxygen atoms in total. The molecule has 0 aliphatic rings. The van der Waals surface area contributed by atoms with E-state index >= 15 is 0 Å². The molecule has 2 rings (SSSR count). The highest BCUT2D eigenvalue weighted by atomic mass is 15.2. The summed E-state index contributed by atoms with van der Waals surface area (Å²) in [5, 5.41) is 0. The van der Waals surface area contributed by atoms with Crippen molar-refractivity contribution in [2.45, 2.75) is 39.8 Å². The Hall–Kier alpha value is -1.39. The molecule has 0 spiro atoms. The van der Waals surface area contributed by atoms with Crippen molar-refractivity contribution >= 4 is 11.0 Å². The average Bonchev–Trinajstić information content (AvgIpc) is 2.74. The van der Waals surface area contributed by atoms with E-state index in [9.17, 15) is 0 Å². The van der Waals surface area contributed by atoms with Crippen molar-refractivity contribution in [1.29, 1.82) is 0 Å².